The number of rotatable bonds is 4. The third-order valence-electron chi connectivity index (χ3n) is 4.24. The summed E-state index contributed by atoms with van der Waals surface area (Å²) < 4.78 is 5.38. The number of aromatic amines is 1. The highest BCUT2D eigenvalue weighted by Gasteiger charge is 2.29. The minimum absolute atomic E-state index is 0.00158. The number of aliphatic hydroxyl groups excluding tert-OH is 1. The van der Waals surface area contributed by atoms with Crippen LogP contribution in [0, 0.1) is 0 Å². The van der Waals surface area contributed by atoms with Gasteiger partial charge in [0.15, 0.2) is 5.82 Å². The van der Waals surface area contributed by atoms with E-state index in [9.17, 15) is 4.79 Å². The van der Waals surface area contributed by atoms with Crippen LogP contribution in [0.3, 0.4) is 0 Å². The molecule has 4 rings (SSSR count). The SMILES string of the molecule is O=C(Nc1n[nH]c(CO)n1)OCC1c2ccccc2-c2ccccc21. The maximum atomic E-state index is 12.0. The number of aromatic nitrogens is 3. The van der Waals surface area contributed by atoms with Gasteiger partial charge in [-0.1, -0.05) is 48.5 Å². The minimum atomic E-state index is -0.634. The molecule has 0 unspecified atom stereocenters. The van der Waals surface area contributed by atoms with E-state index in [0.29, 0.717) is 0 Å². The molecule has 25 heavy (non-hydrogen) atoms. The molecule has 3 N–H and O–H groups in total. The number of ether oxygens (including phenoxy) is 1. The Morgan fingerprint density at radius 2 is 1.76 bits per heavy atom. The van der Waals surface area contributed by atoms with Gasteiger partial charge in [-0.05, 0) is 22.3 Å². The molecule has 0 saturated heterocycles. The molecule has 1 aromatic heterocycles. The average Bonchev–Trinajstić information content (AvgIpc) is 3.22. The number of fused-ring (bicyclic) bond motifs is 3. The summed E-state index contributed by atoms with van der Waals surface area (Å²) in [4.78, 5) is 15.9. The molecule has 126 valence electrons. The number of aliphatic hydroxyl groups is 1. The van der Waals surface area contributed by atoms with Crippen molar-refractivity contribution in [1.82, 2.24) is 15.2 Å². The van der Waals surface area contributed by atoms with Gasteiger partial charge in [0, 0.05) is 5.92 Å². The predicted octanol–water partition coefficient (Wildman–Crippen LogP) is 2.66. The maximum absolute atomic E-state index is 12.0. The summed E-state index contributed by atoms with van der Waals surface area (Å²) >= 11 is 0. The standard InChI is InChI=1S/C18H16N4O3/c23-9-16-19-17(22-21-16)20-18(24)25-10-15-13-7-3-1-5-11(13)12-6-2-4-8-14(12)15/h1-8,15,23H,9-10H2,(H2,19,20,21,22,24). The number of nitrogens with zero attached hydrogens (tertiary/aromatic N) is 2. The van der Waals surface area contributed by atoms with Crippen LogP contribution in [0.15, 0.2) is 48.5 Å². The first-order chi connectivity index (χ1) is 12.3. The van der Waals surface area contributed by atoms with Crippen molar-refractivity contribution in [2.75, 3.05) is 11.9 Å². The third kappa shape index (κ3) is 2.85. The number of hydrogen-bond donors (Lipinski definition) is 3. The van der Waals surface area contributed by atoms with E-state index in [4.69, 9.17) is 9.84 Å². The summed E-state index contributed by atoms with van der Waals surface area (Å²) in [7, 11) is 0. The molecule has 0 saturated carbocycles. The van der Waals surface area contributed by atoms with Crippen LogP contribution in [-0.2, 0) is 11.3 Å². The van der Waals surface area contributed by atoms with E-state index < -0.39 is 6.09 Å². The highest BCUT2D eigenvalue weighted by atomic mass is 16.5. The molecule has 1 aliphatic carbocycles. The van der Waals surface area contributed by atoms with Gasteiger partial charge in [0.05, 0.1) is 0 Å². The van der Waals surface area contributed by atoms with Gasteiger partial charge in [-0.2, -0.15) is 4.98 Å². The zero-order valence-corrected chi connectivity index (χ0v) is 13.3. The van der Waals surface area contributed by atoms with Crippen LogP contribution in [0.2, 0.25) is 0 Å². The molecule has 0 fully saturated rings. The van der Waals surface area contributed by atoms with Crippen molar-refractivity contribution >= 4 is 12.0 Å². The Labute approximate surface area is 143 Å². The second-order valence-electron chi connectivity index (χ2n) is 5.71. The highest BCUT2D eigenvalue weighted by molar-refractivity contribution is 5.83. The van der Waals surface area contributed by atoms with Crippen molar-refractivity contribution in [1.29, 1.82) is 0 Å². The van der Waals surface area contributed by atoms with Crippen LogP contribution in [0.25, 0.3) is 11.1 Å². The molecule has 2 aromatic carbocycles. The number of nitrogens with one attached hydrogen (secondary N) is 2. The molecule has 0 atom stereocenters. The van der Waals surface area contributed by atoms with E-state index in [1.54, 1.807) is 0 Å². The van der Waals surface area contributed by atoms with Gasteiger partial charge in [-0.25, -0.2) is 4.79 Å². The Morgan fingerprint density at radius 1 is 1.12 bits per heavy atom. The molecule has 0 bridgehead atoms. The molecule has 0 spiro atoms. The summed E-state index contributed by atoms with van der Waals surface area (Å²) in [6.45, 7) is -0.0590. The van der Waals surface area contributed by atoms with Crippen LogP contribution < -0.4 is 5.32 Å². The topological polar surface area (TPSA) is 100 Å². The molecule has 3 aromatic rings. The van der Waals surface area contributed by atoms with Crippen molar-refractivity contribution in [2.45, 2.75) is 12.5 Å². The Kier molecular flexibility index (Phi) is 3.91. The molecule has 7 heteroatoms. The summed E-state index contributed by atoms with van der Waals surface area (Å²) in [5.74, 6) is 0.341. The lowest BCUT2D eigenvalue weighted by molar-refractivity contribution is 0.158. The number of amides is 1. The number of anilines is 1. The van der Waals surface area contributed by atoms with Gasteiger partial charge in [0.1, 0.15) is 13.2 Å². The molecule has 0 radical (unpaired) electrons. The fraction of sp³-hybridized carbons (Fsp3) is 0.167. The maximum Gasteiger partial charge on any atom is 0.414 e. The van der Waals surface area contributed by atoms with Crippen molar-refractivity contribution < 1.29 is 14.6 Å². The van der Waals surface area contributed by atoms with Crippen molar-refractivity contribution in [3.8, 4) is 11.1 Å². The number of carbonyl (C=O) groups excluding carboxylic acids is 1. The minimum Gasteiger partial charge on any atom is -0.448 e. The number of benzene rings is 2. The Morgan fingerprint density at radius 3 is 2.36 bits per heavy atom. The second kappa shape index (κ2) is 6.37. The van der Waals surface area contributed by atoms with E-state index in [2.05, 4.69) is 44.8 Å². The van der Waals surface area contributed by atoms with Gasteiger partial charge in [0.2, 0.25) is 0 Å². The van der Waals surface area contributed by atoms with Gasteiger partial charge in [-0.15, -0.1) is 5.10 Å². The van der Waals surface area contributed by atoms with Crippen LogP contribution in [-0.4, -0.2) is 33.0 Å². The zero-order valence-electron chi connectivity index (χ0n) is 13.3. The van der Waals surface area contributed by atoms with Crippen molar-refractivity contribution in [3.63, 3.8) is 0 Å². The zero-order chi connectivity index (χ0) is 17.2. The first kappa shape index (κ1) is 15.3. The van der Waals surface area contributed by atoms with E-state index in [1.165, 1.54) is 11.1 Å². The van der Waals surface area contributed by atoms with Gasteiger partial charge < -0.3 is 9.84 Å². The Bertz CT molecular complexity index is 876. The van der Waals surface area contributed by atoms with Crippen LogP contribution in [0.1, 0.15) is 22.9 Å². The summed E-state index contributed by atoms with van der Waals surface area (Å²) in [6, 6.07) is 16.3. The normalized spacial score (nSPS) is 12.5. The lowest BCUT2D eigenvalue weighted by Gasteiger charge is -2.13. The predicted molar refractivity (Wildman–Crippen MR) is 91.0 cm³/mol. The lowest BCUT2D eigenvalue weighted by atomic mass is 9.98. The van der Waals surface area contributed by atoms with Gasteiger partial charge >= 0.3 is 6.09 Å². The molecule has 1 heterocycles. The summed E-state index contributed by atoms with van der Waals surface area (Å²) in [5.41, 5.74) is 4.65. The fourth-order valence-electron chi connectivity index (χ4n) is 3.15. The molecule has 7 nitrogen and oxygen atoms in total. The van der Waals surface area contributed by atoms with E-state index in [-0.39, 0.29) is 30.9 Å². The first-order valence-electron chi connectivity index (χ1n) is 7.90. The van der Waals surface area contributed by atoms with Gasteiger partial charge in [-0.3, -0.25) is 10.4 Å². The Balaban J connectivity index is 1.48. The number of hydrogen-bond acceptors (Lipinski definition) is 5. The summed E-state index contributed by atoms with van der Waals surface area (Å²) in [5, 5.41) is 17.7. The average molecular weight is 336 g/mol. The van der Waals surface area contributed by atoms with Crippen molar-refractivity contribution in [2.24, 2.45) is 0 Å². The largest absolute Gasteiger partial charge is 0.448 e. The molecule has 1 amide bonds. The van der Waals surface area contributed by atoms with E-state index in [1.807, 2.05) is 24.3 Å². The quantitative estimate of drug-likeness (QED) is 0.680. The number of H-pyrrole nitrogens is 1. The third-order valence-corrected chi connectivity index (χ3v) is 4.24. The van der Waals surface area contributed by atoms with Crippen molar-refractivity contribution in [3.05, 3.63) is 65.5 Å². The summed E-state index contributed by atoms with van der Waals surface area (Å²) in [6.07, 6.45) is -0.634. The highest BCUT2D eigenvalue weighted by Crippen LogP contribution is 2.44. The van der Waals surface area contributed by atoms with Crippen LogP contribution >= 0.6 is 0 Å². The van der Waals surface area contributed by atoms with E-state index >= 15 is 0 Å². The molecular weight excluding hydrogens is 320 g/mol. The second-order valence-corrected chi connectivity index (χ2v) is 5.71. The molecule has 1 aliphatic rings. The van der Waals surface area contributed by atoms with Crippen LogP contribution in [0.5, 0.6) is 0 Å². The fourth-order valence-corrected chi connectivity index (χ4v) is 3.15. The Hall–Kier alpha value is -3.19. The lowest BCUT2D eigenvalue weighted by Crippen LogP contribution is -2.18. The molecule has 0 aliphatic heterocycles. The monoisotopic (exact) mass is 336 g/mol. The smallest absolute Gasteiger partial charge is 0.414 e. The number of carbonyl (C=O) groups is 1. The van der Waals surface area contributed by atoms with Crippen LogP contribution in [0.4, 0.5) is 10.7 Å². The molecular formula is C18H16N4O3. The van der Waals surface area contributed by atoms with Gasteiger partial charge in [0.25, 0.3) is 5.95 Å². The van der Waals surface area contributed by atoms with E-state index in [0.717, 1.165) is 11.1 Å². The first-order valence-corrected chi connectivity index (χ1v) is 7.90.